The number of nitrogens with two attached hydrogens (primary N) is 1. The Kier molecular flexibility index (Phi) is 4.73. The molecule has 5 nitrogen and oxygen atoms in total. The van der Waals surface area contributed by atoms with Crippen LogP contribution in [0.1, 0.15) is 23.7 Å². The van der Waals surface area contributed by atoms with E-state index in [1.165, 1.54) is 0 Å². The van der Waals surface area contributed by atoms with Crippen LogP contribution in [0.3, 0.4) is 0 Å². The number of likely N-dealkylation sites (N-methyl/N-ethyl adjacent to an activating group) is 1. The number of nitrogens with zero attached hydrogens (tertiary/aromatic N) is 3. The Balaban J connectivity index is 2.26. The Morgan fingerprint density at radius 1 is 1.38 bits per heavy atom. The minimum Gasteiger partial charge on any atom is -0.397 e. The summed E-state index contributed by atoms with van der Waals surface area (Å²) in [7, 11) is 5.70. The normalized spacial score (nSPS) is 19.6. The largest absolute Gasteiger partial charge is 0.397 e. The van der Waals surface area contributed by atoms with Crippen LogP contribution in [-0.4, -0.2) is 62.5 Å². The first-order valence-electron chi connectivity index (χ1n) is 7.50. The van der Waals surface area contributed by atoms with Crippen molar-refractivity contribution in [3.63, 3.8) is 0 Å². The van der Waals surface area contributed by atoms with E-state index in [-0.39, 0.29) is 5.91 Å². The lowest BCUT2D eigenvalue weighted by molar-refractivity contribution is 0.0827. The van der Waals surface area contributed by atoms with Gasteiger partial charge in [0.15, 0.2) is 0 Å². The third-order valence-corrected chi connectivity index (χ3v) is 4.27. The second-order valence-corrected chi connectivity index (χ2v) is 5.96. The molecule has 0 radical (unpaired) electrons. The van der Waals surface area contributed by atoms with Gasteiger partial charge in [-0.3, -0.25) is 9.69 Å². The van der Waals surface area contributed by atoms with E-state index in [2.05, 4.69) is 23.8 Å². The summed E-state index contributed by atoms with van der Waals surface area (Å²) in [5, 5.41) is 0. The maximum atomic E-state index is 12.1. The fraction of sp³-hybridized carbons (Fsp3) is 0.562. The van der Waals surface area contributed by atoms with E-state index in [4.69, 9.17) is 5.73 Å². The van der Waals surface area contributed by atoms with Gasteiger partial charge in [0.05, 0.1) is 11.4 Å². The highest BCUT2D eigenvalue weighted by atomic mass is 16.2. The van der Waals surface area contributed by atoms with Crippen molar-refractivity contribution in [3.8, 4) is 0 Å². The van der Waals surface area contributed by atoms with Gasteiger partial charge in [0.1, 0.15) is 0 Å². The lowest BCUT2D eigenvalue weighted by Crippen LogP contribution is -2.51. The van der Waals surface area contributed by atoms with Gasteiger partial charge in [-0.2, -0.15) is 0 Å². The number of nitrogen functional groups attached to an aromatic ring is 1. The molecule has 0 bridgehead atoms. The Hall–Kier alpha value is -1.75. The number of amides is 1. The third kappa shape index (κ3) is 3.29. The van der Waals surface area contributed by atoms with Crippen LogP contribution >= 0.6 is 0 Å². The van der Waals surface area contributed by atoms with Crippen LogP contribution in [0.25, 0.3) is 0 Å². The molecule has 1 unspecified atom stereocenters. The zero-order chi connectivity index (χ0) is 15.6. The van der Waals surface area contributed by atoms with E-state index in [0.29, 0.717) is 11.6 Å². The maximum absolute atomic E-state index is 12.1. The molecular weight excluding hydrogens is 264 g/mol. The first-order chi connectivity index (χ1) is 9.93. The SMILES string of the molecule is CCC1CN(c2cc(C(=O)N(C)C)ccc2N)CCN1C. The number of piperazine rings is 1. The van der Waals surface area contributed by atoms with Gasteiger partial charge in [-0.05, 0) is 31.7 Å². The van der Waals surface area contributed by atoms with Crippen LogP contribution in [0, 0.1) is 0 Å². The Bertz CT molecular complexity index is 515. The van der Waals surface area contributed by atoms with E-state index in [0.717, 1.165) is 37.4 Å². The molecule has 1 atom stereocenters. The zero-order valence-corrected chi connectivity index (χ0v) is 13.5. The molecule has 1 saturated heterocycles. The summed E-state index contributed by atoms with van der Waals surface area (Å²) >= 11 is 0. The Morgan fingerprint density at radius 3 is 2.71 bits per heavy atom. The van der Waals surface area contributed by atoms with Gasteiger partial charge in [-0.15, -0.1) is 0 Å². The molecule has 116 valence electrons. The van der Waals surface area contributed by atoms with E-state index >= 15 is 0 Å². The highest BCUT2D eigenvalue weighted by Crippen LogP contribution is 2.27. The molecule has 0 saturated carbocycles. The van der Waals surface area contributed by atoms with Crippen molar-refractivity contribution in [2.75, 3.05) is 51.4 Å². The molecule has 5 heteroatoms. The number of rotatable bonds is 3. The second-order valence-electron chi connectivity index (χ2n) is 5.96. The van der Waals surface area contributed by atoms with E-state index in [1.54, 1.807) is 25.1 Å². The molecule has 1 aromatic carbocycles. The van der Waals surface area contributed by atoms with Crippen LogP contribution in [0.5, 0.6) is 0 Å². The van der Waals surface area contributed by atoms with Crippen LogP contribution < -0.4 is 10.6 Å². The van der Waals surface area contributed by atoms with Crippen LogP contribution in [0.15, 0.2) is 18.2 Å². The molecule has 2 rings (SSSR count). The summed E-state index contributed by atoms with van der Waals surface area (Å²) < 4.78 is 0. The van der Waals surface area contributed by atoms with Gasteiger partial charge >= 0.3 is 0 Å². The Morgan fingerprint density at radius 2 is 2.10 bits per heavy atom. The maximum Gasteiger partial charge on any atom is 0.253 e. The minimum atomic E-state index is 0.0115. The van der Waals surface area contributed by atoms with E-state index in [9.17, 15) is 4.79 Å². The molecular formula is C16H26N4O. The average molecular weight is 290 g/mol. The van der Waals surface area contributed by atoms with E-state index in [1.807, 2.05) is 12.1 Å². The van der Waals surface area contributed by atoms with Gasteiger partial charge in [0.2, 0.25) is 0 Å². The average Bonchev–Trinajstić information content (AvgIpc) is 2.47. The number of benzene rings is 1. The summed E-state index contributed by atoms with van der Waals surface area (Å²) in [5.41, 5.74) is 8.55. The highest BCUT2D eigenvalue weighted by Gasteiger charge is 2.24. The van der Waals surface area contributed by atoms with Crippen LogP contribution in [0.4, 0.5) is 11.4 Å². The van der Waals surface area contributed by atoms with Crippen molar-refractivity contribution in [1.29, 1.82) is 0 Å². The van der Waals surface area contributed by atoms with Gasteiger partial charge in [0.25, 0.3) is 5.91 Å². The summed E-state index contributed by atoms with van der Waals surface area (Å²) in [4.78, 5) is 18.4. The molecule has 1 aromatic rings. The lowest BCUT2D eigenvalue weighted by Gasteiger charge is -2.40. The molecule has 1 heterocycles. The number of hydrogen-bond donors (Lipinski definition) is 1. The Labute approximate surface area is 127 Å². The van der Waals surface area contributed by atoms with Crippen molar-refractivity contribution >= 4 is 17.3 Å². The zero-order valence-electron chi connectivity index (χ0n) is 13.5. The van der Waals surface area contributed by atoms with Crippen LogP contribution in [0.2, 0.25) is 0 Å². The predicted octanol–water partition coefficient (Wildman–Crippen LogP) is 1.50. The van der Waals surface area contributed by atoms with Gasteiger partial charge in [-0.25, -0.2) is 0 Å². The molecule has 1 amide bonds. The van der Waals surface area contributed by atoms with Gasteiger partial charge < -0.3 is 15.5 Å². The molecule has 1 aliphatic rings. The number of carbonyl (C=O) groups is 1. The molecule has 1 fully saturated rings. The van der Waals surface area contributed by atoms with Gasteiger partial charge in [-0.1, -0.05) is 6.92 Å². The summed E-state index contributed by atoms with van der Waals surface area (Å²) in [6.45, 7) is 5.12. The molecule has 1 aliphatic heterocycles. The summed E-state index contributed by atoms with van der Waals surface area (Å²) in [5.74, 6) is 0.0115. The van der Waals surface area contributed by atoms with E-state index < -0.39 is 0 Å². The summed E-state index contributed by atoms with van der Waals surface area (Å²) in [6, 6.07) is 6.10. The smallest absolute Gasteiger partial charge is 0.253 e. The van der Waals surface area contributed by atoms with Crippen molar-refractivity contribution in [1.82, 2.24) is 9.80 Å². The van der Waals surface area contributed by atoms with Crippen LogP contribution in [-0.2, 0) is 0 Å². The monoisotopic (exact) mass is 290 g/mol. The topological polar surface area (TPSA) is 52.8 Å². The third-order valence-electron chi connectivity index (χ3n) is 4.27. The quantitative estimate of drug-likeness (QED) is 0.857. The van der Waals surface area contributed by atoms with Crippen molar-refractivity contribution in [2.45, 2.75) is 19.4 Å². The second kappa shape index (κ2) is 6.35. The first kappa shape index (κ1) is 15.6. The fourth-order valence-electron chi connectivity index (χ4n) is 2.81. The van der Waals surface area contributed by atoms with Gasteiger partial charge in [0, 0.05) is 45.3 Å². The standard InChI is InChI=1S/C16H26N4O/c1-5-13-11-20(9-8-19(13)4)15-10-12(6-7-14(15)17)16(21)18(2)3/h6-7,10,13H,5,8-9,11,17H2,1-4H3. The minimum absolute atomic E-state index is 0.0115. The number of anilines is 2. The highest BCUT2D eigenvalue weighted by molar-refractivity contribution is 5.96. The summed E-state index contributed by atoms with van der Waals surface area (Å²) in [6.07, 6.45) is 1.11. The van der Waals surface area contributed by atoms with Crippen molar-refractivity contribution in [2.24, 2.45) is 0 Å². The van der Waals surface area contributed by atoms with Crippen molar-refractivity contribution in [3.05, 3.63) is 23.8 Å². The molecule has 21 heavy (non-hydrogen) atoms. The molecule has 2 N–H and O–H groups in total. The first-order valence-corrected chi connectivity index (χ1v) is 7.50. The van der Waals surface area contributed by atoms with Crippen molar-refractivity contribution < 1.29 is 4.79 Å². The number of hydrogen-bond acceptors (Lipinski definition) is 4. The molecule has 0 spiro atoms. The lowest BCUT2D eigenvalue weighted by atomic mass is 10.1. The molecule has 0 aromatic heterocycles. The predicted molar refractivity (Wildman–Crippen MR) is 87.8 cm³/mol. The number of carbonyl (C=O) groups excluding carboxylic acids is 1. The molecule has 0 aliphatic carbocycles. The fourth-order valence-corrected chi connectivity index (χ4v) is 2.81.